The summed E-state index contributed by atoms with van der Waals surface area (Å²) in [6.07, 6.45) is 1.74. The lowest BCUT2D eigenvalue weighted by atomic mass is 10.1. The molecule has 0 saturated carbocycles. The number of benzene rings is 2. The molecule has 0 aliphatic rings. The Labute approximate surface area is 180 Å². The zero-order valence-electron chi connectivity index (χ0n) is 15.0. The van der Waals surface area contributed by atoms with E-state index in [4.69, 9.17) is 11.6 Å². The number of amides is 1. The molecule has 0 saturated heterocycles. The maximum absolute atomic E-state index is 12.7. The van der Waals surface area contributed by atoms with Crippen molar-refractivity contribution in [3.63, 3.8) is 0 Å². The molecule has 144 valence electrons. The highest BCUT2D eigenvalue weighted by molar-refractivity contribution is 7.20. The fourth-order valence-corrected chi connectivity index (χ4v) is 4.08. The molecule has 0 atom stereocenters. The Hall–Kier alpha value is -3.00. The van der Waals surface area contributed by atoms with Gasteiger partial charge in [0.1, 0.15) is 10.7 Å². The van der Waals surface area contributed by atoms with E-state index in [9.17, 15) is 4.79 Å². The van der Waals surface area contributed by atoms with Gasteiger partial charge < -0.3 is 5.32 Å². The van der Waals surface area contributed by atoms with Crippen LogP contribution in [0.5, 0.6) is 0 Å². The average Bonchev–Trinajstić information content (AvgIpc) is 3.39. The van der Waals surface area contributed by atoms with Gasteiger partial charge in [-0.15, -0.1) is 11.3 Å². The van der Waals surface area contributed by atoms with Crippen LogP contribution in [0.2, 0.25) is 5.02 Å². The lowest BCUT2D eigenvalue weighted by molar-refractivity contribution is 0.102. The molecule has 2 aromatic heterocycles. The molecule has 2 heterocycles. The van der Waals surface area contributed by atoms with Crippen LogP contribution in [0.1, 0.15) is 15.2 Å². The number of thiophene rings is 1. The highest BCUT2D eigenvalue weighted by atomic mass is 35.5. The molecule has 5 nitrogen and oxygen atoms in total. The molecular formula is C21H15ClN4OS2. The number of rotatable bonds is 6. The van der Waals surface area contributed by atoms with E-state index >= 15 is 0 Å². The van der Waals surface area contributed by atoms with Crippen molar-refractivity contribution in [2.75, 3.05) is 10.7 Å². The minimum absolute atomic E-state index is 0.226. The Morgan fingerprint density at radius 3 is 2.55 bits per heavy atom. The number of aromatic nitrogens is 1. The van der Waals surface area contributed by atoms with Gasteiger partial charge in [-0.2, -0.15) is 5.10 Å². The van der Waals surface area contributed by atoms with Gasteiger partial charge in [0.15, 0.2) is 0 Å². The van der Waals surface area contributed by atoms with Gasteiger partial charge in [-0.05, 0) is 35.7 Å². The van der Waals surface area contributed by atoms with Crippen LogP contribution in [0.3, 0.4) is 0 Å². The van der Waals surface area contributed by atoms with E-state index in [1.165, 1.54) is 11.3 Å². The SMILES string of the molecule is O=C(Nc1sc(N/N=C\c2cccs2)nc1-c1ccccc1)c1ccc(Cl)cc1. The molecule has 0 spiro atoms. The first-order chi connectivity index (χ1) is 14.2. The predicted octanol–water partition coefficient (Wildman–Crippen LogP) is 6.22. The van der Waals surface area contributed by atoms with Crippen molar-refractivity contribution < 1.29 is 4.79 Å². The van der Waals surface area contributed by atoms with E-state index in [1.54, 1.807) is 41.8 Å². The largest absolute Gasteiger partial charge is 0.312 e. The number of nitrogens with one attached hydrogen (secondary N) is 2. The fraction of sp³-hybridized carbons (Fsp3) is 0. The topological polar surface area (TPSA) is 66.4 Å². The Morgan fingerprint density at radius 2 is 1.83 bits per heavy atom. The van der Waals surface area contributed by atoms with E-state index < -0.39 is 0 Å². The Morgan fingerprint density at radius 1 is 1.03 bits per heavy atom. The number of nitrogens with zero attached hydrogens (tertiary/aromatic N) is 2. The van der Waals surface area contributed by atoms with Gasteiger partial charge >= 0.3 is 0 Å². The van der Waals surface area contributed by atoms with E-state index in [0.29, 0.717) is 26.4 Å². The summed E-state index contributed by atoms with van der Waals surface area (Å²) in [6, 6.07) is 20.4. The lowest BCUT2D eigenvalue weighted by Gasteiger charge is -2.05. The summed E-state index contributed by atoms with van der Waals surface area (Å²) in [5.41, 5.74) is 5.06. The summed E-state index contributed by atoms with van der Waals surface area (Å²) in [7, 11) is 0. The zero-order chi connectivity index (χ0) is 20.1. The molecule has 0 fully saturated rings. The second kappa shape index (κ2) is 9.00. The molecule has 29 heavy (non-hydrogen) atoms. The van der Waals surface area contributed by atoms with Crippen molar-refractivity contribution in [1.82, 2.24) is 4.98 Å². The number of hydrogen-bond donors (Lipinski definition) is 2. The van der Waals surface area contributed by atoms with Crippen LogP contribution in [0.4, 0.5) is 10.1 Å². The van der Waals surface area contributed by atoms with Gasteiger partial charge in [0, 0.05) is 21.0 Å². The summed E-state index contributed by atoms with van der Waals surface area (Å²) in [5, 5.41) is 11.0. The van der Waals surface area contributed by atoms with Crippen LogP contribution in [0, 0.1) is 0 Å². The molecule has 1 amide bonds. The van der Waals surface area contributed by atoms with Gasteiger partial charge in [-0.25, -0.2) is 4.98 Å². The maximum atomic E-state index is 12.7. The third kappa shape index (κ3) is 4.89. The number of hydrazone groups is 1. The quantitative estimate of drug-likeness (QED) is 0.277. The molecule has 2 aromatic carbocycles. The summed E-state index contributed by atoms with van der Waals surface area (Å²) >= 11 is 8.83. The number of thiazole rings is 1. The van der Waals surface area contributed by atoms with Crippen molar-refractivity contribution in [3.8, 4) is 11.3 Å². The Bertz CT molecular complexity index is 1120. The van der Waals surface area contributed by atoms with E-state index in [0.717, 1.165) is 10.4 Å². The summed E-state index contributed by atoms with van der Waals surface area (Å²) in [6.45, 7) is 0. The van der Waals surface area contributed by atoms with Gasteiger partial charge in [0.25, 0.3) is 5.91 Å². The van der Waals surface area contributed by atoms with Gasteiger partial charge in [0.2, 0.25) is 5.13 Å². The van der Waals surface area contributed by atoms with Crippen LogP contribution in [-0.4, -0.2) is 17.1 Å². The Kier molecular flexibility index (Phi) is 6.00. The second-order valence-electron chi connectivity index (χ2n) is 5.91. The minimum atomic E-state index is -0.226. The molecule has 8 heteroatoms. The van der Waals surface area contributed by atoms with Crippen molar-refractivity contribution in [3.05, 3.63) is 87.6 Å². The number of carbonyl (C=O) groups excluding carboxylic acids is 1. The third-order valence-corrected chi connectivity index (χ3v) is 5.84. The molecule has 4 aromatic rings. The first-order valence-corrected chi connectivity index (χ1v) is 10.7. The molecule has 0 bridgehead atoms. The standard InChI is InChI=1S/C21H15ClN4OS2/c22-16-10-8-15(9-11-16)19(27)25-20-18(14-5-2-1-3-6-14)24-21(29-20)26-23-13-17-7-4-12-28-17/h1-13H,(H,24,26)(H,25,27)/b23-13-. The van der Waals surface area contributed by atoms with Crippen molar-refractivity contribution in [2.24, 2.45) is 5.10 Å². The second-order valence-corrected chi connectivity index (χ2v) is 8.32. The van der Waals surface area contributed by atoms with Crippen molar-refractivity contribution in [2.45, 2.75) is 0 Å². The normalized spacial score (nSPS) is 10.9. The van der Waals surface area contributed by atoms with E-state index in [-0.39, 0.29) is 5.91 Å². The zero-order valence-corrected chi connectivity index (χ0v) is 17.4. The van der Waals surface area contributed by atoms with Gasteiger partial charge in [-0.1, -0.05) is 59.3 Å². The number of anilines is 2. The average molecular weight is 439 g/mol. The first kappa shape index (κ1) is 19.3. The maximum Gasteiger partial charge on any atom is 0.256 e. The van der Waals surface area contributed by atoms with E-state index in [1.807, 2.05) is 47.8 Å². The highest BCUT2D eigenvalue weighted by Gasteiger charge is 2.16. The van der Waals surface area contributed by atoms with Crippen LogP contribution >= 0.6 is 34.3 Å². The Balaban J connectivity index is 1.59. The monoisotopic (exact) mass is 438 g/mol. The van der Waals surface area contributed by atoms with E-state index in [2.05, 4.69) is 20.8 Å². The highest BCUT2D eigenvalue weighted by Crippen LogP contribution is 2.36. The molecule has 0 radical (unpaired) electrons. The van der Waals surface area contributed by atoms with Gasteiger partial charge in [0.05, 0.1) is 6.21 Å². The summed E-state index contributed by atoms with van der Waals surface area (Å²) in [4.78, 5) is 18.3. The number of hydrogen-bond acceptors (Lipinski definition) is 6. The molecule has 0 aliphatic heterocycles. The molecule has 0 unspecified atom stereocenters. The van der Waals surface area contributed by atoms with Gasteiger partial charge in [-0.3, -0.25) is 10.2 Å². The minimum Gasteiger partial charge on any atom is -0.312 e. The number of carbonyl (C=O) groups is 1. The molecule has 4 rings (SSSR count). The van der Waals surface area contributed by atoms with Crippen LogP contribution in [0.25, 0.3) is 11.3 Å². The third-order valence-electron chi connectivity index (χ3n) is 3.90. The predicted molar refractivity (Wildman–Crippen MR) is 122 cm³/mol. The molecule has 2 N–H and O–H groups in total. The fourth-order valence-electron chi connectivity index (χ4n) is 2.54. The first-order valence-electron chi connectivity index (χ1n) is 8.65. The summed E-state index contributed by atoms with van der Waals surface area (Å²) < 4.78 is 0. The van der Waals surface area contributed by atoms with Crippen molar-refractivity contribution in [1.29, 1.82) is 0 Å². The lowest BCUT2D eigenvalue weighted by Crippen LogP contribution is -2.11. The van der Waals surface area contributed by atoms with Crippen LogP contribution in [-0.2, 0) is 0 Å². The molecular weight excluding hydrogens is 424 g/mol. The van der Waals surface area contributed by atoms with Crippen molar-refractivity contribution >= 4 is 56.5 Å². The van der Waals surface area contributed by atoms with Crippen LogP contribution in [0.15, 0.2) is 77.2 Å². The smallest absolute Gasteiger partial charge is 0.256 e. The molecule has 0 aliphatic carbocycles. The van der Waals surface area contributed by atoms with Crippen LogP contribution < -0.4 is 10.7 Å². The number of halogens is 1. The summed E-state index contributed by atoms with van der Waals surface area (Å²) in [5.74, 6) is -0.226.